The summed E-state index contributed by atoms with van der Waals surface area (Å²) in [4.78, 5) is 26.2. The van der Waals surface area contributed by atoms with Gasteiger partial charge in [-0.3, -0.25) is 4.79 Å². The number of carbonyl (C=O) groups is 2. The van der Waals surface area contributed by atoms with Crippen molar-refractivity contribution >= 4 is 29.2 Å². The number of hydrogen-bond acceptors (Lipinski definition) is 7. The van der Waals surface area contributed by atoms with Crippen LogP contribution in [0.3, 0.4) is 0 Å². The molecule has 178 valence electrons. The van der Waals surface area contributed by atoms with E-state index in [4.69, 9.17) is 35.3 Å². The topological polar surface area (TPSA) is 92.3 Å². The van der Waals surface area contributed by atoms with Crippen molar-refractivity contribution in [2.24, 2.45) is 0 Å². The summed E-state index contributed by atoms with van der Waals surface area (Å²) in [6, 6.07) is 16.4. The maximum atomic E-state index is 13.2. The molecule has 34 heavy (non-hydrogen) atoms. The lowest BCUT2D eigenvalue weighted by molar-refractivity contribution is -0.125. The van der Waals surface area contributed by atoms with Crippen LogP contribution in [-0.4, -0.2) is 40.3 Å². The Labute approximate surface area is 202 Å². The van der Waals surface area contributed by atoms with Gasteiger partial charge in [-0.25, -0.2) is 4.79 Å². The number of hydrogen-bond donors (Lipinski definition) is 1. The zero-order valence-corrected chi connectivity index (χ0v) is 19.8. The van der Waals surface area contributed by atoms with E-state index in [1.54, 1.807) is 48.5 Å². The maximum Gasteiger partial charge on any atom is 0.339 e. The number of esters is 1. The fraction of sp³-hybridized carbons (Fsp3) is 0.200. The van der Waals surface area contributed by atoms with Crippen LogP contribution in [0, 0.1) is 0 Å². The number of ether oxygens (including phenoxy) is 5. The smallest absolute Gasteiger partial charge is 0.339 e. The summed E-state index contributed by atoms with van der Waals surface area (Å²) in [5.41, 5.74) is 1.02. The molecule has 0 saturated heterocycles. The van der Waals surface area contributed by atoms with E-state index in [0.29, 0.717) is 27.8 Å². The molecular weight excluding hydrogens is 462 g/mol. The summed E-state index contributed by atoms with van der Waals surface area (Å²) in [5, 5.41) is 3.05. The van der Waals surface area contributed by atoms with E-state index in [0.717, 1.165) is 0 Å². The van der Waals surface area contributed by atoms with E-state index in [9.17, 15) is 9.59 Å². The molecule has 8 nitrogen and oxygen atoms in total. The van der Waals surface area contributed by atoms with Crippen LogP contribution in [-0.2, 0) is 9.53 Å². The summed E-state index contributed by atoms with van der Waals surface area (Å²) < 4.78 is 26.7. The van der Waals surface area contributed by atoms with Crippen molar-refractivity contribution in [3.8, 4) is 23.0 Å². The average molecular weight is 486 g/mol. The third-order valence-electron chi connectivity index (χ3n) is 4.89. The molecule has 1 amide bonds. The first-order chi connectivity index (χ1) is 16.4. The predicted octanol–water partition coefficient (Wildman–Crippen LogP) is 4.91. The first kappa shape index (κ1) is 24.7. The Bertz CT molecular complexity index is 1140. The Hall–Kier alpha value is -3.91. The molecule has 0 aliphatic heterocycles. The molecule has 0 aliphatic rings. The molecule has 0 spiro atoms. The van der Waals surface area contributed by atoms with Crippen LogP contribution in [0.1, 0.15) is 22.0 Å². The Kier molecular flexibility index (Phi) is 8.21. The van der Waals surface area contributed by atoms with E-state index < -0.39 is 18.0 Å². The first-order valence-corrected chi connectivity index (χ1v) is 10.5. The number of carbonyl (C=O) groups excluding carboxylic acids is 2. The highest BCUT2D eigenvalue weighted by Gasteiger charge is 2.27. The van der Waals surface area contributed by atoms with Crippen molar-refractivity contribution < 1.29 is 33.3 Å². The second kappa shape index (κ2) is 11.3. The van der Waals surface area contributed by atoms with Crippen LogP contribution < -0.4 is 24.3 Å². The molecule has 0 radical (unpaired) electrons. The zero-order chi connectivity index (χ0) is 24.7. The van der Waals surface area contributed by atoms with Crippen LogP contribution in [0.5, 0.6) is 23.0 Å². The number of nitrogens with one attached hydrogen (secondary N) is 1. The lowest BCUT2D eigenvalue weighted by atomic mass is 10.1. The lowest BCUT2D eigenvalue weighted by Gasteiger charge is -2.19. The quantitative estimate of drug-likeness (QED) is 0.430. The molecule has 0 saturated carbocycles. The van der Waals surface area contributed by atoms with Gasteiger partial charge < -0.3 is 29.0 Å². The van der Waals surface area contributed by atoms with E-state index in [1.807, 2.05) is 0 Å². The SMILES string of the molecule is COc1ccc(NC(=O)C(OC(=O)c2cc(OC)c(OC)c(OC)c2)c2ccccc2)cc1Cl. The molecule has 1 unspecified atom stereocenters. The van der Waals surface area contributed by atoms with Crippen LogP contribution in [0.25, 0.3) is 0 Å². The normalized spacial score (nSPS) is 11.2. The molecule has 0 aliphatic carbocycles. The molecule has 3 rings (SSSR count). The maximum absolute atomic E-state index is 13.2. The third-order valence-corrected chi connectivity index (χ3v) is 5.18. The van der Waals surface area contributed by atoms with Gasteiger partial charge in [0, 0.05) is 11.3 Å². The predicted molar refractivity (Wildman–Crippen MR) is 127 cm³/mol. The van der Waals surface area contributed by atoms with Crippen molar-refractivity contribution in [3.05, 3.63) is 76.8 Å². The second-order valence-electron chi connectivity index (χ2n) is 6.95. The van der Waals surface area contributed by atoms with Gasteiger partial charge >= 0.3 is 5.97 Å². The largest absolute Gasteiger partial charge is 0.495 e. The van der Waals surface area contributed by atoms with Crippen LogP contribution >= 0.6 is 11.6 Å². The molecule has 1 N–H and O–H groups in total. The van der Waals surface area contributed by atoms with Gasteiger partial charge in [-0.05, 0) is 30.3 Å². The third kappa shape index (κ3) is 5.52. The molecule has 9 heteroatoms. The van der Waals surface area contributed by atoms with Crippen LogP contribution in [0.2, 0.25) is 5.02 Å². The molecule has 3 aromatic carbocycles. The second-order valence-corrected chi connectivity index (χ2v) is 7.36. The summed E-state index contributed by atoms with van der Waals surface area (Å²) in [6.45, 7) is 0. The Balaban J connectivity index is 1.91. The molecular formula is C25H24ClNO7. The highest BCUT2D eigenvalue weighted by Crippen LogP contribution is 2.38. The molecule has 0 fully saturated rings. The summed E-state index contributed by atoms with van der Waals surface area (Å²) in [5.74, 6) is 0.0393. The molecule has 0 heterocycles. The van der Waals surface area contributed by atoms with Gasteiger partial charge in [0.25, 0.3) is 5.91 Å². The fourth-order valence-corrected chi connectivity index (χ4v) is 3.48. The van der Waals surface area contributed by atoms with Crippen molar-refractivity contribution in [1.82, 2.24) is 0 Å². The zero-order valence-electron chi connectivity index (χ0n) is 19.1. The minimum absolute atomic E-state index is 0.121. The number of methoxy groups -OCH3 is 4. The standard InChI is InChI=1S/C25H24ClNO7/c1-30-19-11-10-17(14-18(19)26)27-24(28)22(15-8-6-5-7-9-15)34-25(29)16-12-20(31-2)23(33-4)21(13-16)32-3/h5-14,22H,1-4H3,(H,27,28). The highest BCUT2D eigenvalue weighted by atomic mass is 35.5. The Morgan fingerprint density at radius 3 is 1.94 bits per heavy atom. The van der Waals surface area contributed by atoms with E-state index in [2.05, 4.69) is 5.32 Å². The van der Waals surface area contributed by atoms with Gasteiger partial charge in [0.05, 0.1) is 39.0 Å². The van der Waals surface area contributed by atoms with E-state index in [1.165, 1.54) is 40.6 Å². The van der Waals surface area contributed by atoms with Crippen molar-refractivity contribution in [3.63, 3.8) is 0 Å². The van der Waals surface area contributed by atoms with E-state index in [-0.39, 0.29) is 17.1 Å². The summed E-state index contributed by atoms with van der Waals surface area (Å²) in [7, 11) is 5.83. The molecule has 0 aromatic heterocycles. The van der Waals surface area contributed by atoms with Gasteiger partial charge in [-0.1, -0.05) is 41.9 Å². The monoisotopic (exact) mass is 485 g/mol. The number of amides is 1. The summed E-state index contributed by atoms with van der Waals surface area (Å²) >= 11 is 6.16. The molecule has 1 atom stereocenters. The van der Waals surface area contributed by atoms with Gasteiger partial charge in [0.2, 0.25) is 11.9 Å². The lowest BCUT2D eigenvalue weighted by Crippen LogP contribution is -2.26. The van der Waals surface area contributed by atoms with Gasteiger partial charge in [0.15, 0.2) is 11.5 Å². The Morgan fingerprint density at radius 2 is 1.41 bits per heavy atom. The minimum atomic E-state index is -1.24. The number of benzene rings is 3. The first-order valence-electron chi connectivity index (χ1n) is 10.1. The Morgan fingerprint density at radius 1 is 0.794 bits per heavy atom. The van der Waals surface area contributed by atoms with Crippen molar-refractivity contribution in [1.29, 1.82) is 0 Å². The average Bonchev–Trinajstić information content (AvgIpc) is 2.86. The van der Waals surface area contributed by atoms with Gasteiger partial charge in [0.1, 0.15) is 5.75 Å². The van der Waals surface area contributed by atoms with Gasteiger partial charge in [-0.15, -0.1) is 0 Å². The molecule has 3 aromatic rings. The minimum Gasteiger partial charge on any atom is -0.495 e. The fourth-order valence-electron chi connectivity index (χ4n) is 3.23. The number of halogens is 1. The number of anilines is 1. The van der Waals surface area contributed by atoms with Crippen LogP contribution in [0.15, 0.2) is 60.7 Å². The molecule has 0 bridgehead atoms. The highest BCUT2D eigenvalue weighted by molar-refractivity contribution is 6.32. The van der Waals surface area contributed by atoms with Crippen molar-refractivity contribution in [2.45, 2.75) is 6.10 Å². The van der Waals surface area contributed by atoms with E-state index >= 15 is 0 Å². The van der Waals surface area contributed by atoms with Crippen LogP contribution in [0.4, 0.5) is 5.69 Å². The number of rotatable bonds is 9. The van der Waals surface area contributed by atoms with Gasteiger partial charge in [-0.2, -0.15) is 0 Å². The van der Waals surface area contributed by atoms with Crippen molar-refractivity contribution in [2.75, 3.05) is 33.8 Å². The summed E-state index contributed by atoms with van der Waals surface area (Å²) in [6.07, 6.45) is -1.24.